The number of nitriles is 1. The summed E-state index contributed by atoms with van der Waals surface area (Å²) in [4.78, 5) is -0.119. The van der Waals surface area contributed by atoms with Crippen LogP contribution in [0, 0.1) is 11.3 Å². The molecule has 0 aromatic heterocycles. The molecule has 80 valence electrons. The van der Waals surface area contributed by atoms with Gasteiger partial charge in [-0.25, -0.2) is 8.42 Å². The molecule has 0 fully saturated rings. The summed E-state index contributed by atoms with van der Waals surface area (Å²) >= 11 is 3.07. The summed E-state index contributed by atoms with van der Waals surface area (Å²) in [6.45, 7) is 0. The van der Waals surface area contributed by atoms with E-state index in [1.165, 1.54) is 19.2 Å². The van der Waals surface area contributed by atoms with Gasteiger partial charge in [0.15, 0.2) is 0 Å². The molecule has 0 spiro atoms. The summed E-state index contributed by atoms with van der Waals surface area (Å²) in [7, 11) is 2.68. The topological polar surface area (TPSA) is 67.2 Å². The van der Waals surface area contributed by atoms with Crippen molar-refractivity contribution in [1.82, 2.24) is 0 Å². The summed E-state index contributed by atoms with van der Waals surface area (Å²) < 4.78 is 27.3. The summed E-state index contributed by atoms with van der Waals surface area (Å²) in [5.41, 5.74) is 0.224. The Balaban J connectivity index is 3.54. The van der Waals surface area contributed by atoms with Gasteiger partial charge in [0.05, 0.1) is 12.0 Å². The van der Waals surface area contributed by atoms with Crippen LogP contribution < -0.4 is 4.74 Å². The lowest BCUT2D eigenvalue weighted by Crippen LogP contribution is -1.95. The summed E-state index contributed by atoms with van der Waals surface area (Å²) in [6.07, 6.45) is 0. The van der Waals surface area contributed by atoms with Gasteiger partial charge in [0.1, 0.15) is 17.4 Å². The molecule has 15 heavy (non-hydrogen) atoms. The van der Waals surface area contributed by atoms with Crippen LogP contribution in [0.4, 0.5) is 0 Å². The van der Waals surface area contributed by atoms with E-state index in [1.54, 1.807) is 0 Å². The van der Waals surface area contributed by atoms with Crippen molar-refractivity contribution in [2.45, 2.75) is 4.90 Å². The Morgan fingerprint density at radius 1 is 1.53 bits per heavy atom. The molecular weight excluding hydrogens is 306 g/mol. The predicted octanol–water partition coefficient (Wildman–Crippen LogP) is 2.26. The van der Waals surface area contributed by atoms with E-state index in [4.69, 9.17) is 20.7 Å². The fraction of sp³-hybridized carbons (Fsp3) is 0.125. The summed E-state index contributed by atoms with van der Waals surface area (Å²) in [6, 6.07) is 4.34. The molecule has 0 radical (unpaired) electrons. The number of benzene rings is 1. The molecule has 1 aromatic rings. The summed E-state index contributed by atoms with van der Waals surface area (Å²) in [5.74, 6) is 0.158. The zero-order valence-corrected chi connectivity index (χ0v) is 10.6. The van der Waals surface area contributed by atoms with E-state index < -0.39 is 9.05 Å². The van der Waals surface area contributed by atoms with Gasteiger partial charge in [-0.1, -0.05) is 0 Å². The number of ether oxygens (including phenoxy) is 1. The van der Waals surface area contributed by atoms with Gasteiger partial charge in [-0.2, -0.15) is 5.26 Å². The average molecular weight is 311 g/mol. The molecule has 0 aliphatic carbocycles. The Bertz CT molecular complexity index is 536. The third kappa shape index (κ3) is 2.62. The third-order valence-electron chi connectivity index (χ3n) is 1.64. The van der Waals surface area contributed by atoms with Crippen LogP contribution in [0.25, 0.3) is 0 Å². The minimum absolute atomic E-state index is 0.119. The molecule has 0 amide bonds. The Morgan fingerprint density at radius 2 is 2.13 bits per heavy atom. The molecule has 0 unspecified atom stereocenters. The molecule has 0 N–H and O–H groups in total. The predicted molar refractivity (Wildman–Crippen MR) is 58.4 cm³/mol. The van der Waals surface area contributed by atoms with Crippen molar-refractivity contribution in [3.8, 4) is 11.8 Å². The average Bonchev–Trinajstić information content (AvgIpc) is 2.15. The highest BCUT2D eigenvalue weighted by atomic mass is 79.9. The van der Waals surface area contributed by atoms with Crippen LogP contribution in [0.5, 0.6) is 5.75 Å². The van der Waals surface area contributed by atoms with E-state index in [1.807, 2.05) is 6.07 Å². The maximum atomic E-state index is 11.1. The molecule has 7 heteroatoms. The van der Waals surface area contributed by atoms with E-state index in [2.05, 4.69) is 15.9 Å². The molecule has 0 saturated carbocycles. The number of methoxy groups -OCH3 is 1. The van der Waals surface area contributed by atoms with E-state index in [0.29, 0.717) is 4.47 Å². The molecule has 1 rings (SSSR count). The molecular formula is C8H5BrClNO3S. The molecule has 1 aromatic carbocycles. The molecule has 0 bridgehead atoms. The highest BCUT2D eigenvalue weighted by molar-refractivity contribution is 9.10. The second-order valence-corrected chi connectivity index (χ2v) is 5.95. The molecule has 4 nitrogen and oxygen atoms in total. The lowest BCUT2D eigenvalue weighted by molar-refractivity contribution is 0.412. The van der Waals surface area contributed by atoms with Crippen molar-refractivity contribution in [1.29, 1.82) is 5.26 Å². The maximum absolute atomic E-state index is 11.1. The van der Waals surface area contributed by atoms with Gasteiger partial charge in [0.2, 0.25) is 0 Å². The maximum Gasteiger partial charge on any atom is 0.261 e. The first-order valence-electron chi connectivity index (χ1n) is 3.62. The van der Waals surface area contributed by atoms with E-state index in [9.17, 15) is 8.42 Å². The number of halogens is 2. The Hall–Kier alpha value is -0.770. The van der Waals surface area contributed by atoms with Crippen LogP contribution in [0.1, 0.15) is 5.56 Å². The molecule has 0 aliphatic rings. The van der Waals surface area contributed by atoms with Crippen LogP contribution in [0.3, 0.4) is 0 Å². The number of hydrogen-bond acceptors (Lipinski definition) is 4. The van der Waals surface area contributed by atoms with Gasteiger partial charge >= 0.3 is 0 Å². The smallest absolute Gasteiger partial charge is 0.261 e. The van der Waals surface area contributed by atoms with Crippen LogP contribution in [0.2, 0.25) is 0 Å². The van der Waals surface area contributed by atoms with Crippen LogP contribution in [0.15, 0.2) is 21.5 Å². The number of hydrogen-bond donors (Lipinski definition) is 0. The van der Waals surface area contributed by atoms with Crippen molar-refractivity contribution in [2.75, 3.05) is 7.11 Å². The van der Waals surface area contributed by atoms with Gasteiger partial charge in [0, 0.05) is 21.2 Å². The van der Waals surface area contributed by atoms with Gasteiger partial charge in [0.25, 0.3) is 9.05 Å². The minimum atomic E-state index is -3.83. The molecule has 0 aliphatic heterocycles. The first kappa shape index (κ1) is 12.3. The lowest BCUT2D eigenvalue weighted by atomic mass is 10.2. The highest BCUT2D eigenvalue weighted by Gasteiger charge is 2.16. The van der Waals surface area contributed by atoms with E-state index in [-0.39, 0.29) is 16.2 Å². The SMILES string of the molecule is COc1cc(S(=O)(=O)Cl)cc(Br)c1C#N. The van der Waals surface area contributed by atoms with Crippen molar-refractivity contribution < 1.29 is 13.2 Å². The van der Waals surface area contributed by atoms with Crippen LogP contribution in [-0.4, -0.2) is 15.5 Å². The number of nitrogens with zero attached hydrogens (tertiary/aromatic N) is 1. The largest absolute Gasteiger partial charge is 0.495 e. The lowest BCUT2D eigenvalue weighted by Gasteiger charge is -2.06. The number of rotatable bonds is 2. The normalized spacial score (nSPS) is 10.8. The molecule has 0 atom stereocenters. The molecule has 0 saturated heterocycles. The van der Waals surface area contributed by atoms with E-state index in [0.717, 1.165) is 0 Å². The van der Waals surface area contributed by atoms with Crippen molar-refractivity contribution >= 4 is 35.7 Å². The first-order valence-corrected chi connectivity index (χ1v) is 6.72. The van der Waals surface area contributed by atoms with Gasteiger partial charge in [-0.05, 0) is 22.0 Å². The van der Waals surface area contributed by atoms with Gasteiger partial charge in [-0.15, -0.1) is 0 Å². The fourth-order valence-electron chi connectivity index (χ4n) is 0.968. The molecule has 0 heterocycles. The van der Waals surface area contributed by atoms with Crippen LogP contribution in [-0.2, 0) is 9.05 Å². The minimum Gasteiger partial charge on any atom is -0.495 e. The highest BCUT2D eigenvalue weighted by Crippen LogP contribution is 2.31. The second-order valence-electron chi connectivity index (χ2n) is 2.53. The quantitative estimate of drug-likeness (QED) is 0.786. The van der Waals surface area contributed by atoms with Crippen molar-refractivity contribution in [3.63, 3.8) is 0 Å². The monoisotopic (exact) mass is 309 g/mol. The Morgan fingerprint density at radius 3 is 2.53 bits per heavy atom. The summed E-state index contributed by atoms with van der Waals surface area (Å²) in [5, 5.41) is 8.78. The Labute approximate surface area is 100.0 Å². The van der Waals surface area contributed by atoms with Gasteiger partial charge in [-0.3, -0.25) is 0 Å². The fourth-order valence-corrected chi connectivity index (χ4v) is 2.42. The Kier molecular flexibility index (Phi) is 3.60. The second kappa shape index (κ2) is 4.39. The van der Waals surface area contributed by atoms with Crippen molar-refractivity contribution in [2.24, 2.45) is 0 Å². The van der Waals surface area contributed by atoms with Crippen LogP contribution >= 0.6 is 26.6 Å². The van der Waals surface area contributed by atoms with Gasteiger partial charge < -0.3 is 4.74 Å². The zero-order chi connectivity index (χ0) is 11.6. The third-order valence-corrected chi connectivity index (χ3v) is 3.60. The zero-order valence-electron chi connectivity index (χ0n) is 7.49. The standard InChI is InChI=1S/C8H5BrClNO3S/c1-14-8-3-5(15(10,12)13)2-7(9)6(8)4-11/h2-3H,1H3. The first-order chi connectivity index (χ1) is 6.90. The van der Waals surface area contributed by atoms with Crippen molar-refractivity contribution in [3.05, 3.63) is 22.2 Å². The van der Waals surface area contributed by atoms with E-state index >= 15 is 0 Å².